The maximum atomic E-state index is 12.7. The van der Waals surface area contributed by atoms with Crippen molar-refractivity contribution in [2.24, 2.45) is 11.1 Å². The number of benzene rings is 1. The molecular weight excluding hydrogens is 290 g/mol. The molecule has 0 aromatic heterocycles. The molecule has 1 aromatic carbocycles. The van der Waals surface area contributed by atoms with Crippen molar-refractivity contribution in [2.45, 2.75) is 45.5 Å². The first-order chi connectivity index (χ1) is 9.45. The summed E-state index contributed by atoms with van der Waals surface area (Å²) in [5, 5.41) is 10.1. The Labute approximate surface area is 120 Å². The van der Waals surface area contributed by atoms with Crippen LogP contribution in [0.5, 0.6) is 5.75 Å². The number of halogens is 4. The molecule has 0 aliphatic rings. The largest absolute Gasteiger partial charge is 0.461 e. The van der Waals surface area contributed by atoms with Crippen LogP contribution in [-0.2, 0) is 0 Å². The molecule has 0 amide bonds. The smallest absolute Gasteiger partial charge is 0.428 e. The van der Waals surface area contributed by atoms with Gasteiger partial charge in [-0.05, 0) is 23.1 Å². The number of aliphatic hydroxyl groups excluding tert-OH is 1. The third-order valence-electron chi connectivity index (χ3n) is 3.00. The van der Waals surface area contributed by atoms with Crippen LogP contribution in [-0.4, -0.2) is 23.7 Å². The van der Waals surface area contributed by atoms with Gasteiger partial charge in [0.15, 0.2) is 0 Å². The van der Waals surface area contributed by atoms with Gasteiger partial charge in [0.2, 0.25) is 0 Å². The van der Waals surface area contributed by atoms with E-state index in [4.69, 9.17) is 5.73 Å². The van der Waals surface area contributed by atoms with Crippen molar-refractivity contribution in [3.63, 3.8) is 0 Å². The highest BCUT2D eigenvalue weighted by Crippen LogP contribution is 2.31. The van der Waals surface area contributed by atoms with Crippen LogP contribution in [0.4, 0.5) is 17.6 Å². The fourth-order valence-electron chi connectivity index (χ4n) is 1.68. The van der Waals surface area contributed by atoms with Crippen LogP contribution >= 0.6 is 0 Å². The number of hydrogen-bond donors (Lipinski definition) is 2. The standard InChI is InChI=1S/C14H19F4NO2/c1-13(2,3)11(20)10(19)8-4-6-9(7-5-8)21-14(17,18)12(15)16/h4-7,10-12,20H,19H2,1-3H3/t10-,11-/m0/s1. The highest BCUT2D eigenvalue weighted by Gasteiger charge is 2.44. The van der Waals surface area contributed by atoms with E-state index in [0.717, 1.165) is 12.1 Å². The first-order valence-corrected chi connectivity index (χ1v) is 6.33. The van der Waals surface area contributed by atoms with Gasteiger partial charge in [-0.15, -0.1) is 0 Å². The number of nitrogens with two attached hydrogens (primary N) is 1. The quantitative estimate of drug-likeness (QED) is 0.820. The Kier molecular flexibility index (Phi) is 5.22. The van der Waals surface area contributed by atoms with Crippen LogP contribution in [0, 0.1) is 5.41 Å². The average molecular weight is 309 g/mol. The van der Waals surface area contributed by atoms with Gasteiger partial charge in [-0.25, -0.2) is 0 Å². The molecule has 1 aromatic rings. The molecule has 0 aliphatic carbocycles. The molecular formula is C14H19F4NO2. The van der Waals surface area contributed by atoms with Crippen LogP contribution in [0.2, 0.25) is 0 Å². The van der Waals surface area contributed by atoms with Gasteiger partial charge in [0.25, 0.3) is 0 Å². The molecule has 0 aliphatic heterocycles. The van der Waals surface area contributed by atoms with E-state index in [-0.39, 0.29) is 0 Å². The number of hydrogen-bond acceptors (Lipinski definition) is 3. The summed E-state index contributed by atoms with van der Waals surface area (Å²) in [5.41, 5.74) is 5.92. The summed E-state index contributed by atoms with van der Waals surface area (Å²) in [7, 11) is 0. The number of alkyl halides is 4. The van der Waals surface area contributed by atoms with E-state index < -0.39 is 35.8 Å². The van der Waals surface area contributed by atoms with Crippen LogP contribution < -0.4 is 10.5 Å². The molecule has 7 heteroatoms. The lowest BCUT2D eigenvalue weighted by molar-refractivity contribution is -0.253. The van der Waals surface area contributed by atoms with Gasteiger partial charge >= 0.3 is 12.5 Å². The van der Waals surface area contributed by atoms with Gasteiger partial charge in [-0.2, -0.15) is 17.6 Å². The highest BCUT2D eigenvalue weighted by atomic mass is 19.3. The maximum absolute atomic E-state index is 12.7. The fraction of sp³-hybridized carbons (Fsp3) is 0.571. The van der Waals surface area contributed by atoms with Crippen LogP contribution in [0.1, 0.15) is 32.4 Å². The van der Waals surface area contributed by atoms with Crippen LogP contribution in [0.3, 0.4) is 0 Å². The van der Waals surface area contributed by atoms with Crippen molar-refractivity contribution in [1.29, 1.82) is 0 Å². The number of aliphatic hydroxyl groups is 1. The monoisotopic (exact) mass is 309 g/mol. The lowest BCUT2D eigenvalue weighted by Crippen LogP contribution is -2.37. The van der Waals surface area contributed by atoms with E-state index in [1.54, 1.807) is 20.8 Å². The molecule has 0 saturated carbocycles. The third-order valence-corrected chi connectivity index (χ3v) is 3.00. The Morgan fingerprint density at radius 2 is 1.57 bits per heavy atom. The lowest BCUT2D eigenvalue weighted by atomic mass is 9.82. The molecule has 0 bridgehead atoms. The molecule has 1 rings (SSSR count). The minimum Gasteiger partial charge on any atom is -0.428 e. The SMILES string of the molecule is CC(C)(C)[C@@H](O)[C@@H](N)c1ccc(OC(F)(F)C(F)F)cc1. The molecule has 2 atom stereocenters. The second kappa shape index (κ2) is 6.19. The molecule has 21 heavy (non-hydrogen) atoms. The molecule has 0 unspecified atom stereocenters. The predicted molar refractivity (Wildman–Crippen MR) is 70.4 cm³/mol. The minimum atomic E-state index is -4.55. The molecule has 0 saturated heterocycles. The molecule has 0 spiro atoms. The zero-order valence-corrected chi connectivity index (χ0v) is 12.0. The number of rotatable bonds is 5. The van der Waals surface area contributed by atoms with Gasteiger partial charge in [-0.1, -0.05) is 32.9 Å². The van der Waals surface area contributed by atoms with Crippen molar-refractivity contribution in [2.75, 3.05) is 0 Å². The normalized spacial score (nSPS) is 15.9. The summed E-state index contributed by atoms with van der Waals surface area (Å²) in [6.07, 6.45) is -9.32. The minimum absolute atomic E-state index is 0.401. The maximum Gasteiger partial charge on any atom is 0.461 e. The van der Waals surface area contributed by atoms with Gasteiger partial charge < -0.3 is 15.6 Å². The zero-order chi connectivity index (χ0) is 16.4. The zero-order valence-electron chi connectivity index (χ0n) is 12.0. The van der Waals surface area contributed by atoms with Gasteiger partial charge in [0, 0.05) is 0 Å². The Morgan fingerprint density at radius 3 is 1.95 bits per heavy atom. The lowest BCUT2D eigenvalue weighted by Gasteiger charge is -2.31. The Balaban J connectivity index is 2.84. The summed E-state index contributed by atoms with van der Waals surface area (Å²) >= 11 is 0. The van der Waals surface area contributed by atoms with Crippen molar-refractivity contribution in [1.82, 2.24) is 0 Å². The van der Waals surface area contributed by atoms with Crippen LogP contribution in [0.25, 0.3) is 0 Å². The number of ether oxygens (including phenoxy) is 1. The molecule has 3 nitrogen and oxygen atoms in total. The Morgan fingerprint density at radius 1 is 1.10 bits per heavy atom. The summed E-state index contributed by atoms with van der Waals surface area (Å²) in [6.45, 7) is 5.41. The van der Waals surface area contributed by atoms with Gasteiger partial charge in [0.1, 0.15) is 5.75 Å². The first kappa shape index (κ1) is 17.7. The topological polar surface area (TPSA) is 55.5 Å². The van der Waals surface area contributed by atoms with Crippen LogP contribution in [0.15, 0.2) is 24.3 Å². The molecule has 0 heterocycles. The molecule has 120 valence electrons. The van der Waals surface area contributed by atoms with E-state index in [1.165, 1.54) is 12.1 Å². The Bertz CT molecular complexity index is 457. The summed E-state index contributed by atoms with van der Waals surface area (Å²) in [5.74, 6) is -0.401. The van der Waals surface area contributed by atoms with E-state index in [9.17, 15) is 22.7 Å². The second-order valence-corrected chi connectivity index (χ2v) is 5.87. The van der Waals surface area contributed by atoms with Crippen molar-refractivity contribution in [3.8, 4) is 5.75 Å². The first-order valence-electron chi connectivity index (χ1n) is 6.33. The van der Waals surface area contributed by atoms with Crippen molar-refractivity contribution in [3.05, 3.63) is 29.8 Å². The van der Waals surface area contributed by atoms with Gasteiger partial charge in [0.05, 0.1) is 12.1 Å². The fourth-order valence-corrected chi connectivity index (χ4v) is 1.68. The second-order valence-electron chi connectivity index (χ2n) is 5.87. The Hall–Kier alpha value is -1.34. The highest BCUT2D eigenvalue weighted by molar-refractivity contribution is 5.30. The van der Waals surface area contributed by atoms with Gasteiger partial charge in [-0.3, -0.25) is 0 Å². The predicted octanol–water partition coefficient (Wildman–Crippen LogP) is 3.33. The van der Waals surface area contributed by atoms with E-state index in [0.29, 0.717) is 5.56 Å². The summed E-state index contributed by atoms with van der Waals surface area (Å²) in [6, 6.07) is 4.21. The van der Waals surface area contributed by atoms with E-state index in [1.807, 2.05) is 0 Å². The molecule has 0 radical (unpaired) electrons. The summed E-state index contributed by atoms with van der Waals surface area (Å²) < 4.78 is 53.4. The summed E-state index contributed by atoms with van der Waals surface area (Å²) in [4.78, 5) is 0. The third kappa shape index (κ3) is 4.57. The molecule has 3 N–H and O–H groups in total. The molecule has 0 fully saturated rings. The van der Waals surface area contributed by atoms with Crippen molar-refractivity contribution < 1.29 is 27.4 Å². The average Bonchev–Trinajstić information content (AvgIpc) is 2.36. The van der Waals surface area contributed by atoms with E-state index >= 15 is 0 Å². The van der Waals surface area contributed by atoms with E-state index in [2.05, 4.69) is 4.74 Å². The van der Waals surface area contributed by atoms with Crippen molar-refractivity contribution >= 4 is 0 Å².